The summed E-state index contributed by atoms with van der Waals surface area (Å²) in [5.41, 5.74) is -0.139. The topological polar surface area (TPSA) is 60.4 Å². The van der Waals surface area contributed by atoms with Crippen molar-refractivity contribution >= 4 is 48.9 Å². The maximum absolute atomic E-state index is 11.5. The van der Waals surface area contributed by atoms with Crippen LogP contribution in [0.1, 0.15) is 17.3 Å². The number of benzene rings is 1. The molecule has 0 bridgehead atoms. The van der Waals surface area contributed by atoms with Gasteiger partial charge in [0.2, 0.25) is 0 Å². The second-order valence-corrected chi connectivity index (χ2v) is 6.27. The number of carbonyl (C=O) groups is 1. The Kier molecular flexibility index (Phi) is 4.66. The molecule has 0 N–H and O–H groups in total. The molecule has 1 aromatic rings. The maximum atomic E-state index is 11.5. The summed E-state index contributed by atoms with van der Waals surface area (Å²) in [6.45, 7) is 1.74. The van der Waals surface area contributed by atoms with Crippen molar-refractivity contribution in [2.75, 3.05) is 6.61 Å². The molecule has 0 aliphatic carbocycles. The van der Waals surface area contributed by atoms with E-state index < -0.39 is 19.9 Å². The predicted octanol–water partition coefficient (Wildman–Crippen LogP) is 3.10. The van der Waals surface area contributed by atoms with E-state index in [-0.39, 0.29) is 22.2 Å². The highest BCUT2D eigenvalue weighted by atomic mass is 35.7. The summed E-state index contributed by atoms with van der Waals surface area (Å²) in [5, 5.41) is -0.278. The monoisotopic (exact) mass is 316 g/mol. The molecule has 0 saturated carbocycles. The zero-order valence-corrected chi connectivity index (χ0v) is 11.6. The number of rotatable bonds is 3. The quantitative estimate of drug-likeness (QED) is 0.635. The molecule has 8 heteroatoms. The third-order valence-corrected chi connectivity index (χ3v) is 3.85. The smallest absolute Gasteiger partial charge is 0.339 e. The molecular weight excluding hydrogens is 311 g/mol. The Bertz CT molecular complexity index is 554. The van der Waals surface area contributed by atoms with E-state index >= 15 is 0 Å². The lowest BCUT2D eigenvalue weighted by Gasteiger charge is -2.07. The fourth-order valence-electron chi connectivity index (χ4n) is 1.10. The highest BCUT2D eigenvalue weighted by Gasteiger charge is 2.22. The van der Waals surface area contributed by atoms with E-state index in [4.69, 9.17) is 38.6 Å². The van der Waals surface area contributed by atoms with Gasteiger partial charge in [0.15, 0.2) is 0 Å². The molecule has 1 rings (SSSR count). The second-order valence-electron chi connectivity index (χ2n) is 2.92. The summed E-state index contributed by atoms with van der Waals surface area (Å²) >= 11 is 11.5. The normalized spacial score (nSPS) is 11.3. The zero-order valence-electron chi connectivity index (χ0n) is 8.54. The minimum Gasteiger partial charge on any atom is -0.462 e. The Hall–Kier alpha value is -0.490. The first-order valence-corrected chi connectivity index (χ1v) is 7.44. The van der Waals surface area contributed by atoms with E-state index in [2.05, 4.69) is 0 Å². The van der Waals surface area contributed by atoms with Crippen LogP contribution in [-0.4, -0.2) is 21.0 Å². The molecule has 1 aromatic carbocycles. The van der Waals surface area contributed by atoms with Crippen LogP contribution >= 0.6 is 33.9 Å². The van der Waals surface area contributed by atoms with Crippen LogP contribution in [0.3, 0.4) is 0 Å². The van der Waals surface area contributed by atoms with Crippen molar-refractivity contribution in [1.29, 1.82) is 0 Å². The van der Waals surface area contributed by atoms with Crippen LogP contribution in [0.4, 0.5) is 0 Å². The highest BCUT2D eigenvalue weighted by Crippen LogP contribution is 2.31. The highest BCUT2D eigenvalue weighted by molar-refractivity contribution is 8.13. The molecule has 17 heavy (non-hydrogen) atoms. The third-order valence-electron chi connectivity index (χ3n) is 1.76. The number of halogens is 3. The van der Waals surface area contributed by atoms with Gasteiger partial charge in [-0.25, -0.2) is 13.2 Å². The van der Waals surface area contributed by atoms with Gasteiger partial charge < -0.3 is 4.74 Å². The van der Waals surface area contributed by atoms with E-state index in [9.17, 15) is 13.2 Å². The molecule has 0 aliphatic rings. The fraction of sp³-hybridized carbons (Fsp3) is 0.222. The Morgan fingerprint density at radius 1 is 1.35 bits per heavy atom. The van der Waals surface area contributed by atoms with Gasteiger partial charge in [0.05, 0.1) is 17.2 Å². The van der Waals surface area contributed by atoms with Gasteiger partial charge in [-0.2, -0.15) is 0 Å². The average Bonchev–Trinajstić information content (AvgIpc) is 2.19. The summed E-state index contributed by atoms with van der Waals surface area (Å²) in [6.07, 6.45) is 0. The molecule has 0 spiro atoms. The number of hydrogen-bond donors (Lipinski definition) is 0. The van der Waals surface area contributed by atoms with Gasteiger partial charge >= 0.3 is 5.97 Å². The first kappa shape index (κ1) is 14.6. The van der Waals surface area contributed by atoms with E-state index in [0.29, 0.717) is 0 Å². The Morgan fingerprint density at radius 3 is 2.41 bits per heavy atom. The summed E-state index contributed by atoms with van der Waals surface area (Å²) in [4.78, 5) is 11.1. The lowest BCUT2D eigenvalue weighted by molar-refractivity contribution is 0.0526. The van der Waals surface area contributed by atoms with Gasteiger partial charge in [-0.3, -0.25) is 0 Å². The van der Waals surface area contributed by atoms with Gasteiger partial charge in [-0.1, -0.05) is 23.2 Å². The Morgan fingerprint density at radius 2 is 1.94 bits per heavy atom. The number of ether oxygens (including phenoxy) is 1. The summed E-state index contributed by atoms with van der Waals surface area (Å²) < 4.78 is 27.1. The second kappa shape index (κ2) is 5.44. The molecule has 0 fully saturated rings. The maximum Gasteiger partial charge on any atom is 0.339 e. The molecule has 0 heterocycles. The first-order valence-electron chi connectivity index (χ1n) is 4.38. The van der Waals surface area contributed by atoms with Gasteiger partial charge in [-0.05, 0) is 19.1 Å². The molecule has 0 atom stereocenters. The molecule has 0 amide bonds. The van der Waals surface area contributed by atoms with E-state index in [1.54, 1.807) is 6.92 Å². The van der Waals surface area contributed by atoms with Crippen LogP contribution in [0.5, 0.6) is 0 Å². The summed E-state index contributed by atoms with van der Waals surface area (Å²) in [5.74, 6) is -0.762. The van der Waals surface area contributed by atoms with Crippen molar-refractivity contribution in [3.8, 4) is 0 Å². The van der Waals surface area contributed by atoms with Crippen molar-refractivity contribution in [3.05, 3.63) is 27.7 Å². The minimum atomic E-state index is -4.08. The Labute approximate surface area is 113 Å². The summed E-state index contributed by atoms with van der Waals surface area (Å²) in [7, 11) is 1.09. The molecule has 0 radical (unpaired) electrons. The average molecular weight is 318 g/mol. The third kappa shape index (κ3) is 3.48. The van der Waals surface area contributed by atoms with Crippen LogP contribution in [0.15, 0.2) is 17.0 Å². The van der Waals surface area contributed by atoms with Crippen LogP contribution in [0.25, 0.3) is 0 Å². The van der Waals surface area contributed by atoms with Crippen molar-refractivity contribution in [2.24, 2.45) is 0 Å². The lowest BCUT2D eigenvalue weighted by atomic mass is 10.2. The van der Waals surface area contributed by atoms with Gasteiger partial charge in [0, 0.05) is 15.7 Å². The number of carbonyl (C=O) groups excluding carboxylic acids is 1. The van der Waals surface area contributed by atoms with Crippen LogP contribution in [-0.2, 0) is 13.8 Å². The molecule has 0 unspecified atom stereocenters. The van der Waals surface area contributed by atoms with Crippen LogP contribution < -0.4 is 0 Å². The predicted molar refractivity (Wildman–Crippen MR) is 65.5 cm³/mol. The van der Waals surface area contributed by atoms with Crippen molar-refractivity contribution in [1.82, 2.24) is 0 Å². The molecule has 4 nitrogen and oxygen atoms in total. The van der Waals surface area contributed by atoms with Crippen molar-refractivity contribution in [3.63, 3.8) is 0 Å². The minimum absolute atomic E-state index is 0.0247. The van der Waals surface area contributed by atoms with E-state index in [1.807, 2.05) is 0 Å². The SMILES string of the molecule is CCOC(=O)c1cc(Cl)cc(S(=O)(=O)Cl)c1Cl. The molecule has 0 aliphatic heterocycles. The Balaban J connectivity index is 3.44. The lowest BCUT2D eigenvalue weighted by Crippen LogP contribution is -2.07. The molecule has 0 saturated heterocycles. The van der Waals surface area contributed by atoms with Crippen LogP contribution in [0.2, 0.25) is 10.0 Å². The van der Waals surface area contributed by atoms with E-state index in [1.165, 1.54) is 6.07 Å². The van der Waals surface area contributed by atoms with Crippen molar-refractivity contribution < 1.29 is 17.9 Å². The number of hydrogen-bond acceptors (Lipinski definition) is 4. The fourth-order valence-corrected chi connectivity index (χ4v) is 2.95. The van der Waals surface area contributed by atoms with Crippen molar-refractivity contribution in [2.45, 2.75) is 11.8 Å². The van der Waals surface area contributed by atoms with E-state index in [0.717, 1.165) is 6.07 Å². The van der Waals surface area contributed by atoms with Gasteiger partial charge in [0.1, 0.15) is 4.90 Å². The zero-order chi connectivity index (χ0) is 13.2. The largest absolute Gasteiger partial charge is 0.462 e. The summed E-state index contributed by atoms with van der Waals surface area (Å²) in [6, 6.07) is 2.28. The molecule has 94 valence electrons. The number of esters is 1. The first-order chi connectivity index (χ1) is 7.77. The standard InChI is InChI=1S/C9H7Cl3O4S/c1-2-16-9(13)6-3-5(10)4-7(8(6)11)17(12,14)15/h3-4H,2H2,1H3. The van der Waals surface area contributed by atoms with Gasteiger partial charge in [-0.15, -0.1) is 0 Å². The van der Waals surface area contributed by atoms with Crippen LogP contribution in [0, 0.1) is 0 Å². The molecule has 0 aromatic heterocycles. The van der Waals surface area contributed by atoms with Gasteiger partial charge in [0.25, 0.3) is 9.05 Å². The molecular formula is C9H7Cl3O4S.